The van der Waals surface area contributed by atoms with Crippen LogP contribution in [-0.2, 0) is 22.7 Å². The molecule has 0 saturated carbocycles. The Morgan fingerprint density at radius 2 is 1.67 bits per heavy atom. The smallest absolute Gasteiger partial charge is 0.312 e. The van der Waals surface area contributed by atoms with Gasteiger partial charge in [0.2, 0.25) is 6.79 Å². The average Bonchev–Trinajstić information content (AvgIpc) is 3.26. The van der Waals surface area contributed by atoms with E-state index < -0.39 is 11.8 Å². The quantitative estimate of drug-likeness (QED) is 0.708. The minimum absolute atomic E-state index is 0.270. The molecule has 0 radical (unpaired) electrons. The third-order valence-electron chi connectivity index (χ3n) is 5.57. The number of piperazine rings is 1. The van der Waals surface area contributed by atoms with Gasteiger partial charge in [-0.2, -0.15) is 0 Å². The predicted octanol–water partition coefficient (Wildman–Crippen LogP) is 2.11. The largest absolute Gasteiger partial charge is 0.454 e. The van der Waals surface area contributed by atoms with Gasteiger partial charge >= 0.3 is 11.8 Å². The lowest BCUT2D eigenvalue weighted by atomic mass is 10.1. The highest BCUT2D eigenvalue weighted by Crippen LogP contribution is 2.32. The van der Waals surface area contributed by atoms with Gasteiger partial charge in [0.05, 0.1) is 0 Å². The lowest BCUT2D eigenvalue weighted by Crippen LogP contribution is -2.52. The van der Waals surface area contributed by atoms with Crippen LogP contribution in [0.2, 0.25) is 0 Å². The van der Waals surface area contributed by atoms with E-state index in [1.807, 2.05) is 55.5 Å². The van der Waals surface area contributed by atoms with Gasteiger partial charge in [-0.05, 0) is 30.2 Å². The Balaban J connectivity index is 1.29. The molecule has 0 unspecified atom stereocenters. The van der Waals surface area contributed by atoms with Crippen LogP contribution in [0, 0.1) is 0 Å². The van der Waals surface area contributed by atoms with Crippen LogP contribution in [0.15, 0.2) is 48.5 Å². The summed E-state index contributed by atoms with van der Waals surface area (Å²) in [5.74, 6) is 0.731. The lowest BCUT2D eigenvalue weighted by molar-refractivity contribution is -0.153. The van der Waals surface area contributed by atoms with Crippen molar-refractivity contribution in [2.24, 2.45) is 0 Å². The van der Waals surface area contributed by atoms with Crippen molar-refractivity contribution >= 4 is 11.8 Å². The highest BCUT2D eigenvalue weighted by atomic mass is 16.7. The van der Waals surface area contributed by atoms with Crippen LogP contribution in [0.5, 0.6) is 11.5 Å². The molecule has 0 bridgehead atoms. The standard InChI is InChI=1S/C23H27N3O4/c1-2-25(16-18-6-4-3-5-7-18)22(27)23(28)26-12-10-24(11-13-26)15-19-8-9-20-21(14-19)30-17-29-20/h3-9,14H,2,10-13,15-17H2,1H3. The predicted molar refractivity (Wildman–Crippen MR) is 112 cm³/mol. The molecular formula is C23H27N3O4. The molecule has 0 N–H and O–H groups in total. The van der Waals surface area contributed by atoms with E-state index in [9.17, 15) is 9.59 Å². The Kier molecular flexibility index (Phi) is 6.18. The Morgan fingerprint density at radius 3 is 2.40 bits per heavy atom. The molecule has 30 heavy (non-hydrogen) atoms. The molecule has 2 aromatic carbocycles. The van der Waals surface area contributed by atoms with E-state index in [0.29, 0.717) is 26.2 Å². The molecule has 1 saturated heterocycles. The number of benzene rings is 2. The van der Waals surface area contributed by atoms with Gasteiger partial charge in [-0.3, -0.25) is 14.5 Å². The second-order valence-corrected chi connectivity index (χ2v) is 7.56. The van der Waals surface area contributed by atoms with Gasteiger partial charge in [0.1, 0.15) is 0 Å². The zero-order chi connectivity index (χ0) is 20.9. The number of hydrogen-bond acceptors (Lipinski definition) is 5. The Labute approximate surface area is 176 Å². The maximum absolute atomic E-state index is 12.8. The first-order valence-corrected chi connectivity index (χ1v) is 10.4. The van der Waals surface area contributed by atoms with Crippen molar-refractivity contribution in [3.8, 4) is 11.5 Å². The highest BCUT2D eigenvalue weighted by Gasteiger charge is 2.29. The molecular weight excluding hydrogens is 382 g/mol. The normalized spacial score (nSPS) is 15.8. The minimum atomic E-state index is -0.425. The van der Waals surface area contributed by atoms with Crippen LogP contribution < -0.4 is 9.47 Å². The van der Waals surface area contributed by atoms with E-state index in [1.165, 1.54) is 0 Å². The molecule has 0 aliphatic carbocycles. The van der Waals surface area contributed by atoms with E-state index >= 15 is 0 Å². The Bertz CT molecular complexity index is 895. The fourth-order valence-corrected chi connectivity index (χ4v) is 3.81. The molecule has 2 aliphatic heterocycles. The highest BCUT2D eigenvalue weighted by molar-refractivity contribution is 6.34. The second-order valence-electron chi connectivity index (χ2n) is 7.56. The summed E-state index contributed by atoms with van der Waals surface area (Å²) in [7, 11) is 0. The number of likely N-dealkylation sites (N-methyl/N-ethyl adjacent to an activating group) is 1. The maximum Gasteiger partial charge on any atom is 0.312 e. The van der Waals surface area contributed by atoms with Gasteiger partial charge in [0, 0.05) is 45.8 Å². The zero-order valence-corrected chi connectivity index (χ0v) is 17.3. The van der Waals surface area contributed by atoms with Gasteiger partial charge in [0.25, 0.3) is 0 Å². The molecule has 0 spiro atoms. The molecule has 7 heteroatoms. The van der Waals surface area contributed by atoms with E-state index in [4.69, 9.17) is 9.47 Å². The van der Waals surface area contributed by atoms with E-state index in [-0.39, 0.29) is 6.79 Å². The molecule has 4 rings (SSSR count). The SMILES string of the molecule is CCN(Cc1ccccc1)C(=O)C(=O)N1CCN(Cc2ccc3c(c2)OCO3)CC1. The summed E-state index contributed by atoms with van der Waals surface area (Å²) in [4.78, 5) is 31.1. The van der Waals surface area contributed by atoms with E-state index in [0.717, 1.165) is 42.3 Å². The van der Waals surface area contributed by atoms with Crippen molar-refractivity contribution in [3.05, 3.63) is 59.7 Å². The van der Waals surface area contributed by atoms with E-state index in [1.54, 1.807) is 9.80 Å². The van der Waals surface area contributed by atoms with Crippen LogP contribution in [0.25, 0.3) is 0 Å². The third kappa shape index (κ3) is 4.57. The van der Waals surface area contributed by atoms with Gasteiger partial charge in [0.15, 0.2) is 11.5 Å². The minimum Gasteiger partial charge on any atom is -0.454 e. The summed E-state index contributed by atoms with van der Waals surface area (Å²) in [5.41, 5.74) is 2.17. The Hall–Kier alpha value is -3.06. The van der Waals surface area contributed by atoms with Gasteiger partial charge in [-0.25, -0.2) is 0 Å². The number of hydrogen-bond donors (Lipinski definition) is 0. The monoisotopic (exact) mass is 409 g/mol. The molecule has 158 valence electrons. The lowest BCUT2D eigenvalue weighted by Gasteiger charge is -2.35. The third-order valence-corrected chi connectivity index (χ3v) is 5.57. The van der Waals surface area contributed by atoms with E-state index in [2.05, 4.69) is 4.90 Å². The summed E-state index contributed by atoms with van der Waals surface area (Å²) >= 11 is 0. The number of ether oxygens (including phenoxy) is 2. The number of nitrogens with zero attached hydrogens (tertiary/aromatic N) is 3. The molecule has 1 fully saturated rings. The first-order valence-electron chi connectivity index (χ1n) is 10.4. The number of rotatable bonds is 5. The topological polar surface area (TPSA) is 62.3 Å². The molecule has 2 amide bonds. The summed E-state index contributed by atoms with van der Waals surface area (Å²) in [6.07, 6.45) is 0. The van der Waals surface area contributed by atoms with Crippen LogP contribution in [0.3, 0.4) is 0 Å². The summed E-state index contributed by atoms with van der Waals surface area (Å²) < 4.78 is 10.8. The molecule has 0 atom stereocenters. The van der Waals surface area contributed by atoms with Crippen molar-refractivity contribution in [2.45, 2.75) is 20.0 Å². The zero-order valence-electron chi connectivity index (χ0n) is 17.3. The van der Waals surface area contributed by atoms with Gasteiger partial charge in [-0.1, -0.05) is 36.4 Å². The summed E-state index contributed by atoms with van der Waals surface area (Å²) in [6, 6.07) is 15.7. The van der Waals surface area contributed by atoms with Crippen molar-refractivity contribution < 1.29 is 19.1 Å². The molecule has 2 aliphatic rings. The van der Waals surface area contributed by atoms with Crippen molar-refractivity contribution in [1.29, 1.82) is 0 Å². The fourth-order valence-electron chi connectivity index (χ4n) is 3.81. The first-order chi connectivity index (χ1) is 14.6. The van der Waals surface area contributed by atoms with Crippen molar-refractivity contribution in [3.63, 3.8) is 0 Å². The van der Waals surface area contributed by atoms with Gasteiger partial charge in [-0.15, -0.1) is 0 Å². The molecule has 2 aromatic rings. The molecule has 0 aromatic heterocycles. The Morgan fingerprint density at radius 1 is 0.933 bits per heavy atom. The summed E-state index contributed by atoms with van der Waals surface area (Å²) in [5, 5.41) is 0. The van der Waals surface area contributed by atoms with Crippen LogP contribution in [-0.4, -0.2) is 66.0 Å². The molecule has 2 heterocycles. The van der Waals surface area contributed by atoms with Crippen molar-refractivity contribution in [1.82, 2.24) is 14.7 Å². The van der Waals surface area contributed by atoms with Crippen molar-refractivity contribution in [2.75, 3.05) is 39.5 Å². The molecule has 7 nitrogen and oxygen atoms in total. The fraction of sp³-hybridized carbons (Fsp3) is 0.391. The number of carbonyl (C=O) groups is 2. The van der Waals surface area contributed by atoms with Gasteiger partial charge < -0.3 is 19.3 Å². The van der Waals surface area contributed by atoms with Crippen LogP contribution >= 0.6 is 0 Å². The van der Waals surface area contributed by atoms with Crippen LogP contribution in [0.1, 0.15) is 18.1 Å². The number of amides is 2. The average molecular weight is 409 g/mol. The first kappa shape index (κ1) is 20.2. The number of fused-ring (bicyclic) bond motifs is 1. The maximum atomic E-state index is 12.8. The number of carbonyl (C=O) groups excluding carboxylic acids is 2. The van der Waals surface area contributed by atoms with Crippen LogP contribution in [0.4, 0.5) is 0 Å². The second kappa shape index (κ2) is 9.17. The summed E-state index contributed by atoms with van der Waals surface area (Å²) in [6.45, 7) is 6.48.